The first kappa shape index (κ1) is 33.1. The molecule has 4 fully saturated rings. The number of fused-ring (bicyclic) bond motifs is 7. The van der Waals surface area contributed by atoms with Crippen LogP contribution in [0.1, 0.15) is 43.2 Å². The number of hydrogen-bond donors (Lipinski definition) is 0. The van der Waals surface area contributed by atoms with Crippen molar-refractivity contribution < 1.29 is 0 Å². The van der Waals surface area contributed by atoms with Gasteiger partial charge in [0.2, 0.25) is 0 Å². The Balaban J connectivity index is 1.04. The second-order valence-electron chi connectivity index (χ2n) is 17.7. The molecule has 4 saturated carbocycles. The van der Waals surface area contributed by atoms with Crippen molar-refractivity contribution in [3.8, 4) is 33.4 Å². The summed E-state index contributed by atoms with van der Waals surface area (Å²) in [5, 5.41) is 5.29. The number of hydrogen-bond acceptors (Lipinski definition) is 2. The molecule has 1 heterocycles. The molecule has 0 unspecified atom stereocenters. The van der Waals surface area contributed by atoms with Gasteiger partial charge in [0.1, 0.15) is 0 Å². The van der Waals surface area contributed by atoms with E-state index in [1.165, 1.54) is 113 Å². The van der Waals surface area contributed by atoms with Crippen molar-refractivity contribution in [2.75, 3.05) is 4.90 Å². The molecule has 0 N–H and O–H groups in total. The second kappa shape index (κ2) is 12.5. The van der Waals surface area contributed by atoms with Gasteiger partial charge in [-0.05, 0) is 166 Å². The van der Waals surface area contributed by atoms with E-state index in [9.17, 15) is 0 Å². The fourth-order valence-corrected chi connectivity index (χ4v) is 13.9. The molecular formula is C56H43NS. The molecule has 8 aromatic carbocycles. The molecule has 58 heavy (non-hydrogen) atoms. The SMILES string of the molecule is c1ccc(N(c2ccc(-c3ccc4sc5ccccc5c4c3)cc2)c2cc(-c3cccc4ccccc34)c3c(c2)C2(c4ccccc4-3)C3CC4CC(C3)CC2C4)cc1. The first-order valence-electron chi connectivity index (χ1n) is 21.3. The van der Waals surface area contributed by atoms with Crippen molar-refractivity contribution in [1.29, 1.82) is 0 Å². The van der Waals surface area contributed by atoms with E-state index in [2.05, 4.69) is 181 Å². The predicted octanol–water partition coefficient (Wildman–Crippen LogP) is 15.7. The van der Waals surface area contributed by atoms with Gasteiger partial charge in [0, 0.05) is 42.6 Å². The van der Waals surface area contributed by atoms with Crippen molar-refractivity contribution in [2.24, 2.45) is 23.7 Å². The average Bonchev–Trinajstić information content (AvgIpc) is 3.79. The fraction of sp³-hybridized carbons (Fsp3) is 0.179. The van der Waals surface area contributed by atoms with Crippen LogP contribution in [0.5, 0.6) is 0 Å². The second-order valence-corrected chi connectivity index (χ2v) is 18.8. The van der Waals surface area contributed by atoms with E-state index in [1.807, 2.05) is 11.3 Å². The zero-order valence-corrected chi connectivity index (χ0v) is 33.3. The number of anilines is 3. The van der Waals surface area contributed by atoms with Crippen molar-refractivity contribution in [2.45, 2.75) is 37.5 Å². The lowest BCUT2D eigenvalue weighted by molar-refractivity contribution is -0.0399. The summed E-state index contributed by atoms with van der Waals surface area (Å²) in [6, 6.07) is 66.8. The van der Waals surface area contributed by atoms with Crippen LogP contribution in [0.25, 0.3) is 64.3 Å². The third-order valence-corrected chi connectivity index (χ3v) is 16.0. The Morgan fingerprint density at radius 2 is 1.05 bits per heavy atom. The molecule has 0 amide bonds. The maximum absolute atomic E-state index is 2.66. The standard InChI is InChI=1S/C56H43NS/c1-2-13-42(14-3-1)57(43-24-21-37(22-25-43)39-23-26-54-49(32-39)47-16-7-9-20-53(47)58-54)44-33-50(46-18-10-12-38-11-4-5-15-45(38)46)55-48-17-6-8-19-51(48)56(52(55)34-44)40-28-35-27-36(30-40)31-41(56)29-35/h1-26,32-36,40-41H,27-31H2. The van der Waals surface area contributed by atoms with Crippen molar-refractivity contribution >= 4 is 59.3 Å². The molecule has 0 aliphatic heterocycles. The number of benzene rings is 8. The van der Waals surface area contributed by atoms with Crippen LogP contribution in [-0.4, -0.2) is 0 Å². The number of para-hydroxylation sites is 1. The smallest absolute Gasteiger partial charge is 0.0471 e. The zero-order valence-electron chi connectivity index (χ0n) is 32.4. The normalized spacial score (nSPS) is 22.6. The summed E-state index contributed by atoms with van der Waals surface area (Å²) in [5.74, 6) is 3.15. The van der Waals surface area contributed by atoms with Crippen LogP contribution in [0.2, 0.25) is 0 Å². The molecule has 14 rings (SSSR count). The Morgan fingerprint density at radius 1 is 0.414 bits per heavy atom. The van der Waals surface area contributed by atoms with E-state index in [-0.39, 0.29) is 5.41 Å². The van der Waals surface area contributed by atoms with Gasteiger partial charge in [-0.1, -0.05) is 121 Å². The first-order chi connectivity index (χ1) is 28.7. The third-order valence-electron chi connectivity index (χ3n) is 14.8. The van der Waals surface area contributed by atoms with Crippen LogP contribution in [0.4, 0.5) is 17.1 Å². The van der Waals surface area contributed by atoms with E-state index in [0.29, 0.717) is 11.8 Å². The minimum absolute atomic E-state index is 0.0470. The number of nitrogens with zero attached hydrogens (tertiary/aromatic N) is 1. The molecule has 5 aliphatic carbocycles. The maximum atomic E-state index is 2.66. The van der Waals surface area contributed by atoms with Crippen molar-refractivity contribution in [3.63, 3.8) is 0 Å². The average molecular weight is 762 g/mol. The molecule has 0 saturated heterocycles. The highest BCUT2D eigenvalue weighted by atomic mass is 32.1. The Kier molecular flexibility index (Phi) is 7.13. The van der Waals surface area contributed by atoms with Gasteiger partial charge in [-0.15, -0.1) is 11.3 Å². The monoisotopic (exact) mass is 761 g/mol. The number of rotatable bonds is 5. The van der Waals surface area contributed by atoms with Gasteiger partial charge in [-0.25, -0.2) is 0 Å². The number of thiophene rings is 1. The molecule has 9 aromatic rings. The minimum atomic E-state index is 0.0470. The van der Waals surface area contributed by atoms with Gasteiger partial charge in [-0.2, -0.15) is 0 Å². The first-order valence-corrected chi connectivity index (χ1v) is 22.2. The zero-order chi connectivity index (χ0) is 38.0. The summed E-state index contributed by atoms with van der Waals surface area (Å²) < 4.78 is 2.69. The highest BCUT2D eigenvalue weighted by molar-refractivity contribution is 7.25. The van der Waals surface area contributed by atoms with E-state index >= 15 is 0 Å². The van der Waals surface area contributed by atoms with Crippen LogP contribution < -0.4 is 4.90 Å². The quantitative estimate of drug-likeness (QED) is 0.169. The highest BCUT2D eigenvalue weighted by Crippen LogP contribution is 2.70. The van der Waals surface area contributed by atoms with Gasteiger partial charge in [-0.3, -0.25) is 0 Å². The summed E-state index contributed by atoms with van der Waals surface area (Å²) in [5.41, 5.74) is 14.9. The molecule has 0 atom stereocenters. The molecule has 2 heteroatoms. The van der Waals surface area contributed by atoms with Gasteiger partial charge in [0.15, 0.2) is 0 Å². The fourth-order valence-electron chi connectivity index (χ4n) is 12.8. The van der Waals surface area contributed by atoms with E-state index in [0.717, 1.165) is 11.8 Å². The summed E-state index contributed by atoms with van der Waals surface area (Å²) in [7, 11) is 0. The van der Waals surface area contributed by atoms with E-state index in [4.69, 9.17) is 0 Å². The Labute approximate surface area is 344 Å². The van der Waals surface area contributed by atoms with Gasteiger partial charge >= 0.3 is 0 Å². The Hall–Kier alpha value is -5.96. The summed E-state index contributed by atoms with van der Waals surface area (Å²) in [4.78, 5) is 2.53. The minimum Gasteiger partial charge on any atom is -0.310 e. The van der Waals surface area contributed by atoms with Crippen LogP contribution in [-0.2, 0) is 5.41 Å². The van der Waals surface area contributed by atoms with Gasteiger partial charge in [0.25, 0.3) is 0 Å². The topological polar surface area (TPSA) is 3.24 Å². The van der Waals surface area contributed by atoms with Gasteiger partial charge < -0.3 is 4.90 Å². The highest BCUT2D eigenvalue weighted by Gasteiger charge is 2.62. The molecule has 1 spiro atoms. The van der Waals surface area contributed by atoms with Crippen molar-refractivity contribution in [1.82, 2.24) is 0 Å². The lowest BCUT2D eigenvalue weighted by Gasteiger charge is -2.61. The lowest BCUT2D eigenvalue weighted by atomic mass is 9.43. The molecule has 0 radical (unpaired) electrons. The van der Waals surface area contributed by atoms with Crippen molar-refractivity contribution in [3.05, 3.63) is 187 Å². The molecule has 278 valence electrons. The van der Waals surface area contributed by atoms with Crippen LogP contribution in [0.15, 0.2) is 176 Å². The molecule has 1 nitrogen and oxygen atoms in total. The van der Waals surface area contributed by atoms with Crippen LogP contribution in [0.3, 0.4) is 0 Å². The Bertz CT molecular complexity index is 3050. The predicted molar refractivity (Wildman–Crippen MR) is 246 cm³/mol. The summed E-state index contributed by atoms with van der Waals surface area (Å²) >= 11 is 1.88. The van der Waals surface area contributed by atoms with Gasteiger partial charge in [0.05, 0.1) is 0 Å². The molecule has 5 aliphatic rings. The Morgan fingerprint density at radius 3 is 1.88 bits per heavy atom. The van der Waals surface area contributed by atoms with E-state index < -0.39 is 0 Å². The summed E-state index contributed by atoms with van der Waals surface area (Å²) in [6.07, 6.45) is 6.92. The molecular weight excluding hydrogens is 719 g/mol. The van der Waals surface area contributed by atoms with Crippen LogP contribution in [0, 0.1) is 23.7 Å². The maximum Gasteiger partial charge on any atom is 0.0471 e. The largest absolute Gasteiger partial charge is 0.310 e. The molecule has 1 aromatic heterocycles. The van der Waals surface area contributed by atoms with E-state index in [1.54, 1.807) is 11.1 Å². The third kappa shape index (κ3) is 4.70. The summed E-state index contributed by atoms with van der Waals surface area (Å²) in [6.45, 7) is 0. The lowest BCUT2D eigenvalue weighted by Crippen LogP contribution is -2.55. The molecule has 4 bridgehead atoms. The van der Waals surface area contributed by atoms with Crippen LogP contribution >= 0.6 is 11.3 Å².